The van der Waals surface area contributed by atoms with Gasteiger partial charge in [0, 0.05) is 6.54 Å². The Morgan fingerprint density at radius 2 is 2.37 bits per heavy atom. The largest absolute Gasteiger partial charge is 0.481 e. The van der Waals surface area contributed by atoms with E-state index in [2.05, 4.69) is 24.6 Å². The predicted octanol–water partition coefficient (Wildman–Crippen LogP) is 3.07. The summed E-state index contributed by atoms with van der Waals surface area (Å²) in [6.45, 7) is 3.03. The first kappa shape index (κ1) is 15.9. The van der Waals surface area contributed by atoms with Crippen molar-refractivity contribution in [2.75, 3.05) is 13.2 Å². The zero-order chi connectivity index (χ0) is 13.9. The molecule has 0 radical (unpaired) electrons. The summed E-state index contributed by atoms with van der Waals surface area (Å²) in [6.07, 6.45) is 12.2. The minimum absolute atomic E-state index is 0.355. The Bertz CT molecular complexity index is 323. The van der Waals surface area contributed by atoms with Gasteiger partial charge in [0.05, 0.1) is 12.5 Å². The summed E-state index contributed by atoms with van der Waals surface area (Å²) in [5, 5.41) is 9.10. The van der Waals surface area contributed by atoms with Crippen LogP contribution in [0.4, 0.5) is 0 Å². The van der Waals surface area contributed by atoms with Crippen LogP contribution >= 0.6 is 0 Å². The Morgan fingerprint density at radius 3 is 3.00 bits per heavy atom. The summed E-state index contributed by atoms with van der Waals surface area (Å²) in [6, 6.07) is 0. The average Bonchev–Trinajstić information content (AvgIpc) is 2.42. The van der Waals surface area contributed by atoms with Crippen molar-refractivity contribution in [1.29, 1.82) is 0 Å². The highest BCUT2D eigenvalue weighted by molar-refractivity contribution is 5.70. The molecule has 1 aliphatic carbocycles. The SMILES string of the molecule is CCCCCC(CNOCC1=CC=CCC1)C(=O)O. The highest BCUT2D eigenvalue weighted by Gasteiger charge is 2.16. The van der Waals surface area contributed by atoms with Gasteiger partial charge in [-0.05, 0) is 24.8 Å². The molecule has 0 heterocycles. The minimum Gasteiger partial charge on any atom is -0.481 e. The first-order valence-electron chi connectivity index (χ1n) is 7.16. The number of carbonyl (C=O) groups is 1. The van der Waals surface area contributed by atoms with Gasteiger partial charge in [0.1, 0.15) is 0 Å². The molecule has 2 N–H and O–H groups in total. The molecule has 0 amide bonds. The van der Waals surface area contributed by atoms with Crippen LogP contribution in [0.15, 0.2) is 23.8 Å². The molecule has 0 bridgehead atoms. The number of unbranched alkanes of at least 4 members (excludes halogenated alkanes) is 2. The van der Waals surface area contributed by atoms with Crippen molar-refractivity contribution in [2.24, 2.45) is 5.92 Å². The number of allylic oxidation sites excluding steroid dienone is 3. The number of rotatable bonds is 10. The second-order valence-corrected chi connectivity index (χ2v) is 4.96. The standard InChI is InChI=1S/C15H25NO3/c1-2-3-5-10-14(15(17)18)11-16-19-12-13-8-6-4-7-9-13/h4,6,8,14,16H,2-3,5,7,9-12H2,1H3,(H,17,18). The molecule has 1 aliphatic rings. The van der Waals surface area contributed by atoms with Gasteiger partial charge in [-0.15, -0.1) is 0 Å². The lowest BCUT2D eigenvalue weighted by Crippen LogP contribution is -2.29. The van der Waals surface area contributed by atoms with Crippen LogP contribution in [0.5, 0.6) is 0 Å². The van der Waals surface area contributed by atoms with Crippen molar-refractivity contribution in [1.82, 2.24) is 5.48 Å². The maximum Gasteiger partial charge on any atom is 0.307 e. The molecule has 108 valence electrons. The third-order valence-electron chi connectivity index (χ3n) is 3.29. The number of nitrogens with one attached hydrogen (secondary N) is 1. The molecular weight excluding hydrogens is 242 g/mol. The van der Waals surface area contributed by atoms with Gasteiger partial charge in [-0.3, -0.25) is 9.63 Å². The summed E-state index contributed by atoms with van der Waals surface area (Å²) in [7, 11) is 0. The topological polar surface area (TPSA) is 58.6 Å². The molecule has 0 aromatic heterocycles. The van der Waals surface area contributed by atoms with E-state index in [1.165, 1.54) is 5.57 Å². The third kappa shape index (κ3) is 7.13. The monoisotopic (exact) mass is 267 g/mol. The second-order valence-electron chi connectivity index (χ2n) is 4.96. The van der Waals surface area contributed by atoms with Crippen LogP contribution in [0.25, 0.3) is 0 Å². The van der Waals surface area contributed by atoms with Gasteiger partial charge in [0.2, 0.25) is 0 Å². The normalized spacial score (nSPS) is 16.2. The first-order chi connectivity index (χ1) is 9.24. The number of hydrogen-bond acceptors (Lipinski definition) is 3. The number of hydroxylamine groups is 1. The molecule has 0 aliphatic heterocycles. The van der Waals surface area contributed by atoms with Crippen LogP contribution in [-0.2, 0) is 9.63 Å². The van der Waals surface area contributed by atoms with Gasteiger partial charge in [-0.1, -0.05) is 44.4 Å². The predicted molar refractivity (Wildman–Crippen MR) is 75.7 cm³/mol. The zero-order valence-electron chi connectivity index (χ0n) is 11.7. The van der Waals surface area contributed by atoms with E-state index in [4.69, 9.17) is 9.94 Å². The maximum absolute atomic E-state index is 11.1. The summed E-state index contributed by atoms with van der Waals surface area (Å²) in [5.41, 5.74) is 4.04. The maximum atomic E-state index is 11.1. The minimum atomic E-state index is -0.744. The second kappa shape index (κ2) is 9.75. The van der Waals surface area contributed by atoms with Crippen molar-refractivity contribution in [3.8, 4) is 0 Å². The van der Waals surface area contributed by atoms with E-state index in [-0.39, 0.29) is 5.92 Å². The van der Waals surface area contributed by atoms with Crippen LogP contribution < -0.4 is 5.48 Å². The van der Waals surface area contributed by atoms with Crippen molar-refractivity contribution >= 4 is 5.97 Å². The lowest BCUT2D eigenvalue weighted by Gasteiger charge is -2.14. The van der Waals surface area contributed by atoms with Gasteiger partial charge in [0.15, 0.2) is 0 Å². The van der Waals surface area contributed by atoms with Crippen molar-refractivity contribution in [3.63, 3.8) is 0 Å². The van der Waals surface area contributed by atoms with E-state index in [1.807, 2.05) is 6.08 Å². The molecule has 1 rings (SSSR count). The molecule has 0 saturated carbocycles. The van der Waals surface area contributed by atoms with E-state index in [1.54, 1.807) is 0 Å². The highest BCUT2D eigenvalue weighted by Crippen LogP contribution is 2.12. The van der Waals surface area contributed by atoms with E-state index >= 15 is 0 Å². The Kier molecular flexibility index (Phi) is 8.18. The number of carboxylic acid groups (broad SMARTS) is 1. The number of hydrogen-bond donors (Lipinski definition) is 2. The van der Waals surface area contributed by atoms with Crippen molar-refractivity contribution in [2.45, 2.75) is 45.4 Å². The Hall–Kier alpha value is -1.13. The van der Waals surface area contributed by atoms with Gasteiger partial charge in [-0.25, -0.2) is 5.48 Å². The van der Waals surface area contributed by atoms with Gasteiger partial charge < -0.3 is 5.11 Å². The summed E-state index contributed by atoms with van der Waals surface area (Å²) >= 11 is 0. The Labute approximate surface area is 115 Å². The molecule has 4 heteroatoms. The van der Waals surface area contributed by atoms with Crippen LogP contribution in [-0.4, -0.2) is 24.2 Å². The van der Waals surface area contributed by atoms with E-state index in [0.29, 0.717) is 19.6 Å². The van der Waals surface area contributed by atoms with Crippen molar-refractivity contribution < 1.29 is 14.7 Å². The Morgan fingerprint density at radius 1 is 1.53 bits per heavy atom. The van der Waals surface area contributed by atoms with Crippen LogP contribution in [0, 0.1) is 5.92 Å². The van der Waals surface area contributed by atoms with Crippen molar-refractivity contribution in [3.05, 3.63) is 23.8 Å². The van der Waals surface area contributed by atoms with E-state index < -0.39 is 5.97 Å². The third-order valence-corrected chi connectivity index (χ3v) is 3.29. The molecule has 4 nitrogen and oxygen atoms in total. The Balaban J connectivity index is 2.15. The molecule has 0 saturated heterocycles. The summed E-state index contributed by atoms with van der Waals surface area (Å²) < 4.78 is 0. The molecule has 0 spiro atoms. The molecule has 0 aromatic carbocycles. The van der Waals surface area contributed by atoms with Gasteiger partial charge in [0.25, 0.3) is 0 Å². The fourth-order valence-corrected chi connectivity index (χ4v) is 2.03. The number of aliphatic carboxylic acids is 1. The van der Waals surface area contributed by atoms with E-state index in [9.17, 15) is 4.79 Å². The lowest BCUT2D eigenvalue weighted by atomic mass is 10.0. The average molecular weight is 267 g/mol. The van der Waals surface area contributed by atoms with Crippen LogP contribution in [0.3, 0.4) is 0 Å². The molecule has 0 fully saturated rings. The fourth-order valence-electron chi connectivity index (χ4n) is 2.03. The van der Waals surface area contributed by atoms with E-state index in [0.717, 1.165) is 32.1 Å². The lowest BCUT2D eigenvalue weighted by molar-refractivity contribution is -0.142. The van der Waals surface area contributed by atoms with Crippen LogP contribution in [0.1, 0.15) is 45.4 Å². The summed E-state index contributed by atoms with van der Waals surface area (Å²) in [4.78, 5) is 16.4. The summed E-state index contributed by atoms with van der Waals surface area (Å²) in [5.74, 6) is -1.10. The molecule has 19 heavy (non-hydrogen) atoms. The quantitative estimate of drug-likeness (QED) is 0.472. The molecule has 0 aromatic rings. The van der Waals surface area contributed by atoms with Gasteiger partial charge in [-0.2, -0.15) is 0 Å². The first-order valence-corrected chi connectivity index (χ1v) is 7.16. The van der Waals surface area contributed by atoms with Gasteiger partial charge >= 0.3 is 5.97 Å². The highest BCUT2D eigenvalue weighted by atomic mass is 16.6. The molecular formula is C15H25NO3. The number of carboxylic acids is 1. The fraction of sp³-hybridized carbons (Fsp3) is 0.667. The van der Waals surface area contributed by atoms with Crippen LogP contribution in [0.2, 0.25) is 0 Å². The smallest absolute Gasteiger partial charge is 0.307 e. The molecule has 1 atom stereocenters. The zero-order valence-corrected chi connectivity index (χ0v) is 11.7. The molecule has 1 unspecified atom stereocenters.